The van der Waals surface area contributed by atoms with E-state index in [0.717, 1.165) is 32.8 Å². The van der Waals surface area contributed by atoms with Crippen LogP contribution in [-0.4, -0.2) is 27.3 Å². The van der Waals surface area contributed by atoms with Crippen LogP contribution >= 0.6 is 22.9 Å². The number of carbonyl (C=O) groups is 1. The summed E-state index contributed by atoms with van der Waals surface area (Å²) in [6.45, 7) is 4.52. The van der Waals surface area contributed by atoms with Crippen LogP contribution in [0.4, 0.5) is 5.82 Å². The fraction of sp³-hybridized carbons (Fsp3) is 0.227. The van der Waals surface area contributed by atoms with Crippen LogP contribution in [0.3, 0.4) is 0 Å². The van der Waals surface area contributed by atoms with Gasteiger partial charge in [-0.2, -0.15) is 9.78 Å². The number of fused-ring (bicyclic) bond motifs is 2. The lowest BCUT2D eigenvalue weighted by Crippen LogP contribution is -2.25. The maximum absolute atomic E-state index is 12.6. The Morgan fingerprint density at radius 3 is 2.93 bits per heavy atom. The van der Waals surface area contributed by atoms with Crippen LogP contribution in [-0.2, 0) is 4.79 Å². The third-order valence-corrected chi connectivity index (χ3v) is 6.56. The van der Waals surface area contributed by atoms with Crippen molar-refractivity contribution in [2.24, 2.45) is 0 Å². The molecule has 2 aromatic carbocycles. The average Bonchev–Trinajstić information content (AvgIpc) is 3.28. The van der Waals surface area contributed by atoms with Gasteiger partial charge < -0.3 is 10.1 Å². The van der Waals surface area contributed by atoms with Crippen molar-refractivity contribution in [2.75, 3.05) is 11.9 Å². The molecule has 0 unspecified atom stereocenters. The van der Waals surface area contributed by atoms with E-state index in [0.29, 0.717) is 29.0 Å². The van der Waals surface area contributed by atoms with E-state index in [4.69, 9.17) is 26.4 Å². The standard InChI is InChI=1S/C22H19ClN4O2S/c1-3-29-13-8-9-17-18(10-13)30-22(24-17)27-21-20(12(2)26-27)15(11-19(28)25-21)14-6-4-5-7-16(14)23/h4-10,15H,3,11H2,1-2H3,(H,25,28)/t15-/m0/s1. The smallest absolute Gasteiger partial charge is 0.226 e. The van der Waals surface area contributed by atoms with Crippen LogP contribution in [0.2, 0.25) is 5.02 Å². The minimum Gasteiger partial charge on any atom is -0.494 e. The van der Waals surface area contributed by atoms with E-state index < -0.39 is 0 Å². The van der Waals surface area contributed by atoms with Crippen molar-refractivity contribution >= 4 is 44.9 Å². The number of halogens is 1. The number of ether oxygens (including phenoxy) is 1. The minimum atomic E-state index is -0.143. The maximum atomic E-state index is 12.6. The largest absolute Gasteiger partial charge is 0.494 e. The second-order valence-electron chi connectivity index (χ2n) is 7.14. The lowest BCUT2D eigenvalue weighted by Gasteiger charge is -2.24. The van der Waals surface area contributed by atoms with Gasteiger partial charge in [-0.15, -0.1) is 0 Å². The van der Waals surface area contributed by atoms with Crippen LogP contribution in [0.5, 0.6) is 5.75 Å². The van der Waals surface area contributed by atoms with Crippen molar-refractivity contribution < 1.29 is 9.53 Å². The quantitative estimate of drug-likeness (QED) is 0.468. The summed E-state index contributed by atoms with van der Waals surface area (Å²) < 4.78 is 8.33. The molecule has 2 aromatic heterocycles. The Morgan fingerprint density at radius 2 is 2.13 bits per heavy atom. The number of thiazole rings is 1. The zero-order chi connectivity index (χ0) is 20.8. The number of rotatable bonds is 4. The molecule has 0 spiro atoms. The summed E-state index contributed by atoms with van der Waals surface area (Å²) in [7, 11) is 0. The highest BCUT2D eigenvalue weighted by atomic mass is 35.5. The van der Waals surface area contributed by atoms with Crippen molar-refractivity contribution in [3.8, 4) is 10.9 Å². The van der Waals surface area contributed by atoms with E-state index >= 15 is 0 Å². The molecule has 30 heavy (non-hydrogen) atoms. The molecule has 5 rings (SSSR count). The van der Waals surface area contributed by atoms with Crippen LogP contribution in [0.15, 0.2) is 42.5 Å². The molecule has 6 nitrogen and oxygen atoms in total. The lowest BCUT2D eigenvalue weighted by molar-refractivity contribution is -0.116. The van der Waals surface area contributed by atoms with Gasteiger partial charge in [0, 0.05) is 22.9 Å². The highest BCUT2D eigenvalue weighted by Crippen LogP contribution is 2.43. The highest BCUT2D eigenvalue weighted by Gasteiger charge is 2.34. The maximum Gasteiger partial charge on any atom is 0.226 e. The van der Waals surface area contributed by atoms with Crippen molar-refractivity contribution in [1.82, 2.24) is 14.8 Å². The molecule has 0 aliphatic carbocycles. The molecule has 152 valence electrons. The summed E-state index contributed by atoms with van der Waals surface area (Å²) in [5.74, 6) is 1.27. The van der Waals surface area contributed by atoms with E-state index in [1.54, 1.807) is 4.68 Å². The van der Waals surface area contributed by atoms with Gasteiger partial charge in [0.1, 0.15) is 11.6 Å². The molecular formula is C22H19ClN4O2S. The van der Waals surface area contributed by atoms with Crippen molar-refractivity contribution in [3.05, 3.63) is 64.3 Å². The van der Waals surface area contributed by atoms with Crippen LogP contribution in [0.1, 0.15) is 36.1 Å². The van der Waals surface area contributed by atoms with Gasteiger partial charge in [-0.3, -0.25) is 4.79 Å². The van der Waals surface area contributed by atoms with E-state index in [9.17, 15) is 4.79 Å². The Labute approximate surface area is 182 Å². The lowest BCUT2D eigenvalue weighted by atomic mass is 9.86. The average molecular weight is 439 g/mol. The Hall–Kier alpha value is -2.90. The molecule has 0 bridgehead atoms. The van der Waals surface area contributed by atoms with Crippen LogP contribution in [0.25, 0.3) is 15.3 Å². The molecule has 0 saturated heterocycles. The second kappa shape index (κ2) is 7.41. The molecule has 1 aliphatic rings. The van der Waals surface area contributed by atoms with Gasteiger partial charge in [-0.05, 0) is 43.7 Å². The number of carbonyl (C=O) groups excluding carboxylic acids is 1. The number of hydrogen-bond donors (Lipinski definition) is 1. The molecule has 0 radical (unpaired) electrons. The van der Waals surface area contributed by atoms with Gasteiger partial charge in [0.2, 0.25) is 11.0 Å². The van der Waals surface area contributed by atoms with Crippen molar-refractivity contribution in [3.63, 3.8) is 0 Å². The third kappa shape index (κ3) is 3.14. The molecule has 0 fully saturated rings. The molecule has 0 saturated carbocycles. The molecule has 8 heteroatoms. The molecule has 1 amide bonds. The number of aromatic nitrogens is 3. The molecule has 1 N–H and O–H groups in total. The summed E-state index contributed by atoms with van der Waals surface area (Å²) in [6.07, 6.45) is 0.334. The number of hydrogen-bond acceptors (Lipinski definition) is 5. The first-order valence-corrected chi connectivity index (χ1v) is 10.9. The number of amides is 1. The molecular weight excluding hydrogens is 420 g/mol. The van der Waals surface area contributed by atoms with E-state index in [2.05, 4.69) is 5.32 Å². The van der Waals surface area contributed by atoms with Gasteiger partial charge in [-0.1, -0.05) is 41.1 Å². The summed E-state index contributed by atoms with van der Waals surface area (Å²) in [5, 5.41) is 9.08. The number of anilines is 1. The summed E-state index contributed by atoms with van der Waals surface area (Å²) >= 11 is 7.97. The zero-order valence-corrected chi connectivity index (χ0v) is 18.0. The summed E-state index contributed by atoms with van der Waals surface area (Å²) in [6, 6.07) is 13.5. The number of nitrogens with zero attached hydrogens (tertiary/aromatic N) is 3. The predicted molar refractivity (Wildman–Crippen MR) is 119 cm³/mol. The normalized spacial score (nSPS) is 15.8. The van der Waals surface area contributed by atoms with Gasteiger partial charge in [0.15, 0.2) is 0 Å². The Morgan fingerprint density at radius 1 is 1.30 bits per heavy atom. The highest BCUT2D eigenvalue weighted by molar-refractivity contribution is 7.20. The van der Waals surface area contributed by atoms with Gasteiger partial charge in [-0.25, -0.2) is 4.98 Å². The van der Waals surface area contributed by atoms with Crippen molar-refractivity contribution in [2.45, 2.75) is 26.2 Å². The van der Waals surface area contributed by atoms with Gasteiger partial charge in [0.25, 0.3) is 0 Å². The van der Waals surface area contributed by atoms with E-state index in [1.165, 1.54) is 11.3 Å². The van der Waals surface area contributed by atoms with E-state index in [1.807, 2.05) is 56.3 Å². The first kappa shape index (κ1) is 19.1. The molecule has 4 aromatic rings. The molecule has 1 atom stereocenters. The van der Waals surface area contributed by atoms with Crippen LogP contribution in [0, 0.1) is 6.92 Å². The zero-order valence-electron chi connectivity index (χ0n) is 16.5. The third-order valence-electron chi connectivity index (χ3n) is 5.22. The summed E-state index contributed by atoms with van der Waals surface area (Å²) in [4.78, 5) is 17.3. The van der Waals surface area contributed by atoms with Gasteiger partial charge in [0.05, 0.1) is 22.5 Å². The monoisotopic (exact) mass is 438 g/mol. The Kier molecular flexibility index (Phi) is 4.72. The molecule has 3 heterocycles. The first-order valence-electron chi connectivity index (χ1n) is 9.72. The Balaban J connectivity index is 1.64. The second-order valence-corrected chi connectivity index (χ2v) is 8.56. The summed E-state index contributed by atoms with van der Waals surface area (Å²) in [5.41, 5.74) is 3.63. The fourth-order valence-electron chi connectivity index (χ4n) is 3.95. The number of nitrogens with one attached hydrogen (secondary N) is 1. The first-order chi connectivity index (χ1) is 14.5. The fourth-order valence-corrected chi connectivity index (χ4v) is 5.17. The SMILES string of the molecule is CCOc1ccc2nc(-n3nc(C)c4c3NC(=O)C[C@H]4c3ccccc3Cl)sc2c1. The Bertz CT molecular complexity index is 1280. The van der Waals surface area contributed by atoms with E-state index in [-0.39, 0.29) is 11.8 Å². The topological polar surface area (TPSA) is 69.0 Å². The number of aryl methyl sites for hydroxylation is 1. The van der Waals surface area contributed by atoms with Gasteiger partial charge >= 0.3 is 0 Å². The predicted octanol–water partition coefficient (Wildman–Crippen LogP) is 5.32. The van der Waals surface area contributed by atoms with Crippen LogP contribution < -0.4 is 10.1 Å². The minimum absolute atomic E-state index is 0.0617. The number of benzene rings is 2. The van der Waals surface area contributed by atoms with Crippen molar-refractivity contribution in [1.29, 1.82) is 0 Å². The molecule has 1 aliphatic heterocycles.